The van der Waals surface area contributed by atoms with Gasteiger partial charge < -0.3 is 5.11 Å². The molecule has 0 radical (unpaired) electrons. The minimum atomic E-state index is -1.23. The molecule has 1 saturated carbocycles. The minimum Gasteiger partial charge on any atom is -0.385 e. The molecule has 3 heteroatoms. The van der Waals surface area contributed by atoms with E-state index in [9.17, 15) is 13.9 Å². The van der Waals surface area contributed by atoms with E-state index in [4.69, 9.17) is 0 Å². The molecule has 0 atom stereocenters. The molecule has 1 aliphatic rings. The maximum atomic E-state index is 13.0. The zero-order valence-electron chi connectivity index (χ0n) is 6.35. The van der Waals surface area contributed by atoms with Crippen LogP contribution in [-0.4, -0.2) is 5.11 Å². The van der Waals surface area contributed by atoms with Crippen molar-refractivity contribution in [1.82, 2.24) is 0 Å². The number of halogens is 2. The number of hydrogen-bond donors (Lipinski definition) is 1. The minimum absolute atomic E-state index is 0.176. The number of benzene rings is 1. The molecule has 0 bridgehead atoms. The third kappa shape index (κ3) is 1.01. The van der Waals surface area contributed by atoms with Crippen LogP contribution in [0.2, 0.25) is 0 Å². The van der Waals surface area contributed by atoms with Crippen LogP contribution in [0.4, 0.5) is 8.78 Å². The van der Waals surface area contributed by atoms with Crippen molar-refractivity contribution < 1.29 is 13.9 Å². The predicted molar refractivity (Wildman–Crippen MR) is 39.5 cm³/mol. The van der Waals surface area contributed by atoms with Crippen molar-refractivity contribution in [2.45, 2.75) is 18.4 Å². The van der Waals surface area contributed by atoms with Crippen molar-refractivity contribution >= 4 is 0 Å². The normalized spacial score (nSPS) is 19.2. The van der Waals surface area contributed by atoms with Gasteiger partial charge in [0.05, 0.1) is 11.2 Å². The molecule has 12 heavy (non-hydrogen) atoms. The van der Waals surface area contributed by atoms with Gasteiger partial charge in [-0.3, -0.25) is 0 Å². The summed E-state index contributed by atoms with van der Waals surface area (Å²) in [5.74, 6) is -1.31. The molecule has 1 fully saturated rings. The lowest BCUT2D eigenvalue weighted by Crippen LogP contribution is -2.10. The van der Waals surface area contributed by atoms with Crippen LogP contribution < -0.4 is 0 Å². The Bertz CT molecular complexity index is 298. The average Bonchev–Trinajstić information content (AvgIpc) is 2.68. The van der Waals surface area contributed by atoms with Gasteiger partial charge in [-0.1, -0.05) is 6.07 Å². The molecule has 0 heterocycles. The van der Waals surface area contributed by atoms with Crippen LogP contribution in [0, 0.1) is 11.6 Å². The van der Waals surface area contributed by atoms with Crippen molar-refractivity contribution in [1.29, 1.82) is 0 Å². The largest absolute Gasteiger partial charge is 0.385 e. The van der Waals surface area contributed by atoms with E-state index in [1.807, 2.05) is 0 Å². The fourth-order valence-electron chi connectivity index (χ4n) is 1.31. The Morgan fingerprint density at radius 3 is 2.08 bits per heavy atom. The van der Waals surface area contributed by atoms with E-state index in [-0.39, 0.29) is 5.56 Å². The van der Waals surface area contributed by atoms with Crippen LogP contribution in [-0.2, 0) is 5.60 Å². The first-order chi connectivity index (χ1) is 5.63. The van der Waals surface area contributed by atoms with Crippen molar-refractivity contribution in [3.8, 4) is 0 Å². The molecule has 0 unspecified atom stereocenters. The summed E-state index contributed by atoms with van der Waals surface area (Å²) in [7, 11) is 0. The van der Waals surface area contributed by atoms with Crippen LogP contribution in [0.5, 0.6) is 0 Å². The first kappa shape index (κ1) is 7.68. The standard InChI is InChI=1S/C9H8F2O/c10-6-2-1-3-7(11)8(6)9(12)4-5-9/h1-3,12H,4-5H2. The lowest BCUT2D eigenvalue weighted by molar-refractivity contribution is 0.141. The van der Waals surface area contributed by atoms with E-state index < -0.39 is 17.2 Å². The molecule has 0 spiro atoms. The van der Waals surface area contributed by atoms with Crippen LogP contribution >= 0.6 is 0 Å². The van der Waals surface area contributed by atoms with E-state index in [0.29, 0.717) is 12.8 Å². The summed E-state index contributed by atoms with van der Waals surface area (Å²) in [6.45, 7) is 0. The second-order valence-electron chi connectivity index (χ2n) is 3.13. The quantitative estimate of drug-likeness (QED) is 0.682. The Morgan fingerprint density at radius 2 is 1.67 bits per heavy atom. The second kappa shape index (κ2) is 2.26. The van der Waals surface area contributed by atoms with Gasteiger partial charge in [0.1, 0.15) is 11.6 Å². The summed E-state index contributed by atoms with van der Waals surface area (Å²) >= 11 is 0. The van der Waals surface area contributed by atoms with Gasteiger partial charge in [0, 0.05) is 0 Å². The van der Waals surface area contributed by atoms with E-state index in [1.165, 1.54) is 6.07 Å². The summed E-state index contributed by atoms with van der Waals surface area (Å²) in [4.78, 5) is 0. The maximum absolute atomic E-state index is 13.0. The highest BCUT2D eigenvalue weighted by Crippen LogP contribution is 2.47. The predicted octanol–water partition coefficient (Wildman–Crippen LogP) is 1.95. The van der Waals surface area contributed by atoms with Gasteiger partial charge in [-0.05, 0) is 25.0 Å². The van der Waals surface area contributed by atoms with Crippen LogP contribution in [0.25, 0.3) is 0 Å². The van der Waals surface area contributed by atoms with Gasteiger partial charge in [0.25, 0.3) is 0 Å². The first-order valence-electron chi connectivity index (χ1n) is 3.80. The highest BCUT2D eigenvalue weighted by molar-refractivity contribution is 5.30. The fourth-order valence-corrected chi connectivity index (χ4v) is 1.31. The Labute approximate surface area is 68.6 Å². The number of rotatable bonds is 1. The Kier molecular flexibility index (Phi) is 1.45. The zero-order valence-corrected chi connectivity index (χ0v) is 6.35. The molecule has 1 nitrogen and oxygen atoms in total. The Morgan fingerprint density at radius 1 is 1.17 bits per heavy atom. The summed E-state index contributed by atoms with van der Waals surface area (Å²) < 4.78 is 26.0. The van der Waals surface area contributed by atoms with E-state index in [1.54, 1.807) is 0 Å². The lowest BCUT2D eigenvalue weighted by Gasteiger charge is -2.09. The summed E-state index contributed by atoms with van der Waals surface area (Å²) in [5, 5.41) is 9.48. The third-order valence-electron chi connectivity index (χ3n) is 2.15. The fraction of sp³-hybridized carbons (Fsp3) is 0.333. The summed E-state index contributed by atoms with van der Waals surface area (Å²) in [6.07, 6.45) is 0.899. The highest BCUT2D eigenvalue weighted by Gasteiger charge is 2.46. The van der Waals surface area contributed by atoms with E-state index in [0.717, 1.165) is 12.1 Å². The van der Waals surface area contributed by atoms with Gasteiger partial charge in [-0.2, -0.15) is 0 Å². The van der Waals surface area contributed by atoms with Crippen molar-refractivity contribution in [2.24, 2.45) is 0 Å². The van der Waals surface area contributed by atoms with Gasteiger partial charge in [-0.15, -0.1) is 0 Å². The molecule has 64 valence electrons. The molecule has 1 N–H and O–H groups in total. The van der Waals surface area contributed by atoms with Crippen LogP contribution in [0.1, 0.15) is 18.4 Å². The molecule has 0 amide bonds. The van der Waals surface area contributed by atoms with Crippen molar-refractivity contribution in [2.75, 3.05) is 0 Å². The summed E-state index contributed by atoms with van der Waals surface area (Å²) in [6, 6.07) is 3.61. The van der Waals surface area contributed by atoms with Crippen molar-refractivity contribution in [3.63, 3.8) is 0 Å². The lowest BCUT2D eigenvalue weighted by atomic mass is 10.1. The molecular weight excluding hydrogens is 162 g/mol. The van der Waals surface area contributed by atoms with Gasteiger partial charge in [-0.25, -0.2) is 8.78 Å². The molecule has 1 aromatic carbocycles. The van der Waals surface area contributed by atoms with Crippen molar-refractivity contribution in [3.05, 3.63) is 35.4 Å². The Hall–Kier alpha value is -0.960. The molecule has 1 aliphatic carbocycles. The molecular formula is C9H8F2O. The van der Waals surface area contributed by atoms with E-state index >= 15 is 0 Å². The first-order valence-corrected chi connectivity index (χ1v) is 3.80. The van der Waals surface area contributed by atoms with Gasteiger partial charge in [0.2, 0.25) is 0 Å². The molecule has 2 rings (SSSR count). The number of aliphatic hydroxyl groups is 1. The van der Waals surface area contributed by atoms with Gasteiger partial charge >= 0.3 is 0 Å². The highest BCUT2D eigenvalue weighted by atomic mass is 19.1. The smallest absolute Gasteiger partial charge is 0.132 e. The Balaban J connectivity index is 2.55. The number of hydrogen-bond acceptors (Lipinski definition) is 1. The maximum Gasteiger partial charge on any atom is 0.132 e. The van der Waals surface area contributed by atoms with Crippen LogP contribution in [0.15, 0.2) is 18.2 Å². The molecule has 0 aromatic heterocycles. The molecule has 0 aliphatic heterocycles. The SMILES string of the molecule is OC1(c2c(F)cccc2F)CC1. The average molecular weight is 170 g/mol. The zero-order chi connectivity index (χ0) is 8.77. The summed E-state index contributed by atoms with van der Waals surface area (Å²) in [5.41, 5.74) is -1.40. The third-order valence-corrected chi connectivity index (χ3v) is 2.15. The molecule has 1 aromatic rings. The van der Waals surface area contributed by atoms with Gasteiger partial charge in [0.15, 0.2) is 0 Å². The topological polar surface area (TPSA) is 20.2 Å². The van der Waals surface area contributed by atoms with Crippen LogP contribution in [0.3, 0.4) is 0 Å². The monoisotopic (exact) mass is 170 g/mol. The second-order valence-corrected chi connectivity index (χ2v) is 3.13. The molecule has 0 saturated heterocycles. The van der Waals surface area contributed by atoms with E-state index in [2.05, 4.69) is 0 Å².